The molecule has 0 spiro atoms. The minimum Gasteiger partial charge on any atom is -0.480 e. The van der Waals surface area contributed by atoms with E-state index in [1.54, 1.807) is 11.8 Å². The Balaban J connectivity index is 2.22. The standard InChI is InChI=1S/C14H22N2O4S/c1-7(2)11(15-8(3)17)12(18)16-10(14(19)20)6-21-13(16)9-4-5-9/h7,9-11,13H,4-6H2,1-3H3,(H,15,17)(H,19,20). The van der Waals surface area contributed by atoms with Crippen LogP contribution in [0.15, 0.2) is 0 Å². The van der Waals surface area contributed by atoms with Crippen molar-refractivity contribution in [1.82, 2.24) is 10.2 Å². The second-order valence-corrected chi connectivity index (χ2v) is 7.23. The molecule has 0 radical (unpaired) electrons. The number of rotatable bonds is 5. The van der Waals surface area contributed by atoms with Gasteiger partial charge in [-0.25, -0.2) is 4.79 Å². The van der Waals surface area contributed by atoms with Gasteiger partial charge in [-0.3, -0.25) is 9.59 Å². The van der Waals surface area contributed by atoms with Gasteiger partial charge in [-0.1, -0.05) is 13.8 Å². The van der Waals surface area contributed by atoms with Crippen LogP contribution in [0.5, 0.6) is 0 Å². The SMILES string of the molecule is CC(=O)NC(C(=O)N1C(C(=O)O)CSC1C1CC1)C(C)C. The third-order valence-electron chi connectivity index (χ3n) is 3.89. The van der Waals surface area contributed by atoms with Crippen LogP contribution < -0.4 is 5.32 Å². The van der Waals surface area contributed by atoms with Gasteiger partial charge in [0.1, 0.15) is 12.1 Å². The summed E-state index contributed by atoms with van der Waals surface area (Å²) in [6.45, 7) is 5.07. The molecule has 3 unspecified atom stereocenters. The molecule has 0 aromatic heterocycles. The van der Waals surface area contributed by atoms with Crippen molar-refractivity contribution in [2.24, 2.45) is 11.8 Å². The molecule has 21 heavy (non-hydrogen) atoms. The van der Waals surface area contributed by atoms with Crippen molar-refractivity contribution >= 4 is 29.5 Å². The van der Waals surface area contributed by atoms with E-state index < -0.39 is 18.1 Å². The molecule has 2 amide bonds. The largest absolute Gasteiger partial charge is 0.480 e. The molecule has 0 aromatic carbocycles. The number of carboxylic acid groups (broad SMARTS) is 1. The predicted octanol–water partition coefficient (Wildman–Crippen LogP) is 0.912. The fourth-order valence-corrected chi connectivity index (χ4v) is 4.27. The number of hydrogen-bond donors (Lipinski definition) is 2. The first-order valence-electron chi connectivity index (χ1n) is 7.26. The maximum Gasteiger partial charge on any atom is 0.327 e. The summed E-state index contributed by atoms with van der Waals surface area (Å²) >= 11 is 1.55. The molecule has 2 aliphatic rings. The number of aliphatic carboxylic acids is 1. The zero-order chi connectivity index (χ0) is 15.7. The van der Waals surface area contributed by atoms with Gasteiger partial charge in [0.2, 0.25) is 11.8 Å². The quantitative estimate of drug-likeness (QED) is 0.788. The van der Waals surface area contributed by atoms with E-state index in [9.17, 15) is 19.5 Å². The first-order chi connectivity index (χ1) is 9.82. The Hall–Kier alpha value is -1.24. The van der Waals surface area contributed by atoms with Crippen LogP contribution in [0.3, 0.4) is 0 Å². The third kappa shape index (κ3) is 3.51. The van der Waals surface area contributed by atoms with Crippen LogP contribution in [-0.2, 0) is 14.4 Å². The van der Waals surface area contributed by atoms with Crippen molar-refractivity contribution in [3.8, 4) is 0 Å². The molecular formula is C14H22N2O4S. The number of carbonyl (C=O) groups is 3. The van der Waals surface area contributed by atoms with Crippen molar-refractivity contribution in [3.05, 3.63) is 0 Å². The molecule has 1 saturated carbocycles. The van der Waals surface area contributed by atoms with E-state index in [1.807, 2.05) is 13.8 Å². The van der Waals surface area contributed by atoms with Crippen LogP contribution in [0.1, 0.15) is 33.6 Å². The molecule has 1 heterocycles. The molecule has 0 aromatic rings. The number of amides is 2. The first-order valence-corrected chi connectivity index (χ1v) is 8.31. The van der Waals surface area contributed by atoms with Gasteiger partial charge in [-0.05, 0) is 24.7 Å². The Bertz CT molecular complexity index is 450. The first kappa shape index (κ1) is 16.1. The number of nitrogens with one attached hydrogen (secondary N) is 1. The molecule has 1 aliphatic heterocycles. The van der Waals surface area contributed by atoms with Gasteiger partial charge in [-0.15, -0.1) is 11.8 Å². The Morgan fingerprint density at radius 3 is 2.33 bits per heavy atom. The van der Waals surface area contributed by atoms with Gasteiger partial charge < -0.3 is 15.3 Å². The fraction of sp³-hybridized carbons (Fsp3) is 0.786. The van der Waals surface area contributed by atoms with E-state index in [4.69, 9.17) is 0 Å². The number of hydrogen-bond acceptors (Lipinski definition) is 4. The predicted molar refractivity (Wildman–Crippen MR) is 79.7 cm³/mol. The normalized spacial score (nSPS) is 26.8. The summed E-state index contributed by atoms with van der Waals surface area (Å²) < 4.78 is 0. The number of nitrogens with zero attached hydrogens (tertiary/aromatic N) is 1. The van der Waals surface area contributed by atoms with Gasteiger partial charge in [0.25, 0.3) is 0 Å². The smallest absolute Gasteiger partial charge is 0.327 e. The summed E-state index contributed by atoms with van der Waals surface area (Å²) in [5.41, 5.74) is 0. The second-order valence-electron chi connectivity index (χ2n) is 6.08. The minimum atomic E-state index is -0.968. The van der Waals surface area contributed by atoms with Crippen molar-refractivity contribution < 1.29 is 19.5 Å². The zero-order valence-electron chi connectivity index (χ0n) is 12.5. The average molecular weight is 314 g/mol. The van der Waals surface area contributed by atoms with E-state index in [0.717, 1.165) is 12.8 Å². The van der Waals surface area contributed by atoms with E-state index in [0.29, 0.717) is 11.7 Å². The number of carbonyl (C=O) groups excluding carboxylic acids is 2. The zero-order valence-corrected chi connectivity index (χ0v) is 13.4. The Kier molecular flexibility index (Phi) is 4.81. The second kappa shape index (κ2) is 6.25. The molecule has 2 N–H and O–H groups in total. The highest BCUT2D eigenvalue weighted by molar-refractivity contribution is 8.00. The summed E-state index contributed by atoms with van der Waals surface area (Å²) in [6.07, 6.45) is 2.08. The summed E-state index contributed by atoms with van der Waals surface area (Å²) in [5, 5.41) is 12.0. The summed E-state index contributed by atoms with van der Waals surface area (Å²) in [4.78, 5) is 37.1. The van der Waals surface area contributed by atoms with Crippen LogP contribution in [0, 0.1) is 11.8 Å². The molecule has 2 rings (SSSR count). The van der Waals surface area contributed by atoms with Gasteiger partial charge in [0.15, 0.2) is 0 Å². The van der Waals surface area contributed by atoms with E-state index in [1.165, 1.54) is 11.8 Å². The molecule has 6 nitrogen and oxygen atoms in total. The maximum absolute atomic E-state index is 12.8. The van der Waals surface area contributed by atoms with Crippen LogP contribution in [-0.4, -0.2) is 51.0 Å². The lowest BCUT2D eigenvalue weighted by Crippen LogP contribution is -2.56. The molecule has 7 heteroatoms. The van der Waals surface area contributed by atoms with Crippen LogP contribution >= 0.6 is 11.8 Å². The number of carboxylic acids is 1. The Morgan fingerprint density at radius 1 is 1.29 bits per heavy atom. The van der Waals surface area contributed by atoms with Crippen LogP contribution in [0.25, 0.3) is 0 Å². The summed E-state index contributed by atoms with van der Waals surface area (Å²) in [7, 11) is 0. The monoisotopic (exact) mass is 314 g/mol. The lowest BCUT2D eigenvalue weighted by Gasteiger charge is -2.32. The van der Waals surface area contributed by atoms with Gasteiger partial charge in [0.05, 0.1) is 5.37 Å². The van der Waals surface area contributed by atoms with E-state index in [2.05, 4.69) is 5.32 Å². The van der Waals surface area contributed by atoms with Crippen molar-refractivity contribution in [2.45, 2.75) is 51.1 Å². The molecular weight excluding hydrogens is 292 g/mol. The lowest BCUT2D eigenvalue weighted by atomic mass is 10.0. The summed E-state index contributed by atoms with van der Waals surface area (Å²) in [6, 6.07) is -1.45. The molecule has 3 atom stereocenters. The summed E-state index contributed by atoms with van der Waals surface area (Å²) in [5.74, 6) is -0.773. The fourth-order valence-electron chi connectivity index (χ4n) is 2.63. The van der Waals surface area contributed by atoms with E-state index in [-0.39, 0.29) is 23.1 Å². The van der Waals surface area contributed by atoms with Gasteiger partial charge in [0, 0.05) is 12.7 Å². The van der Waals surface area contributed by atoms with Crippen molar-refractivity contribution in [1.29, 1.82) is 0 Å². The van der Waals surface area contributed by atoms with Crippen molar-refractivity contribution in [3.63, 3.8) is 0 Å². The number of thioether (sulfide) groups is 1. The molecule has 1 aliphatic carbocycles. The molecule has 2 fully saturated rings. The topological polar surface area (TPSA) is 86.7 Å². The van der Waals surface area contributed by atoms with Crippen LogP contribution in [0.2, 0.25) is 0 Å². The highest BCUT2D eigenvalue weighted by Crippen LogP contribution is 2.45. The highest BCUT2D eigenvalue weighted by Gasteiger charge is 2.49. The van der Waals surface area contributed by atoms with Crippen molar-refractivity contribution in [2.75, 3.05) is 5.75 Å². The highest BCUT2D eigenvalue weighted by atomic mass is 32.2. The lowest BCUT2D eigenvalue weighted by molar-refractivity contribution is -0.151. The van der Waals surface area contributed by atoms with Gasteiger partial charge in [-0.2, -0.15) is 0 Å². The van der Waals surface area contributed by atoms with Gasteiger partial charge >= 0.3 is 5.97 Å². The molecule has 118 valence electrons. The average Bonchev–Trinajstić information content (AvgIpc) is 3.13. The van der Waals surface area contributed by atoms with Crippen LogP contribution in [0.4, 0.5) is 0 Å². The third-order valence-corrected chi connectivity index (χ3v) is 5.35. The molecule has 0 bridgehead atoms. The maximum atomic E-state index is 12.8. The minimum absolute atomic E-state index is 0.0615. The Morgan fingerprint density at radius 2 is 1.90 bits per heavy atom. The molecule has 1 saturated heterocycles. The Labute approximate surface area is 128 Å². The van der Waals surface area contributed by atoms with E-state index >= 15 is 0 Å².